The van der Waals surface area contributed by atoms with Gasteiger partial charge in [0.05, 0.1) is 24.7 Å². The van der Waals surface area contributed by atoms with Gasteiger partial charge in [0.25, 0.3) is 6.33 Å². The number of hydrogen-bond donors (Lipinski definition) is 0. The molecule has 58 heavy (non-hydrogen) atoms. The van der Waals surface area contributed by atoms with Crippen LogP contribution in [0.25, 0.3) is 72.3 Å². The Bertz CT molecular complexity index is 3650. The third-order valence-electron chi connectivity index (χ3n) is 9.92. The summed E-state index contributed by atoms with van der Waals surface area (Å²) < 4.78 is 117. The molecule has 7 aromatic carbocycles. The maximum absolute atomic E-state index is 9.01. The van der Waals surface area contributed by atoms with Gasteiger partial charge in [-0.1, -0.05) is 136 Å². The second kappa shape index (κ2) is 14.4. The number of benzene rings is 7. The van der Waals surface area contributed by atoms with Crippen molar-refractivity contribution >= 4 is 32.8 Å². The molecule has 3 aromatic heterocycles. The zero-order chi connectivity index (χ0) is 49.7. The third kappa shape index (κ3) is 6.50. The van der Waals surface area contributed by atoms with Crippen molar-refractivity contribution in [2.45, 2.75) is 27.1 Å². The summed E-state index contributed by atoms with van der Waals surface area (Å²) in [4.78, 5) is 4.73. The Morgan fingerprint density at radius 2 is 1.29 bits per heavy atom. The number of ether oxygens (including phenoxy) is 1. The molecule has 0 saturated carbocycles. The molecule has 0 aliphatic rings. The van der Waals surface area contributed by atoms with Crippen LogP contribution in [0.4, 0.5) is 0 Å². The van der Waals surface area contributed by atoms with Gasteiger partial charge in [0.1, 0.15) is 28.7 Å². The molecule has 0 unspecified atom stereocenters. The van der Waals surface area contributed by atoms with Crippen molar-refractivity contribution in [2.75, 3.05) is 0 Å². The van der Waals surface area contributed by atoms with E-state index in [0.717, 1.165) is 21.8 Å². The van der Waals surface area contributed by atoms with Crippen molar-refractivity contribution in [1.82, 2.24) is 14.1 Å². The minimum Gasteiger partial charge on any atom is -0.457 e. The van der Waals surface area contributed by atoms with Crippen LogP contribution in [0.1, 0.15) is 42.8 Å². The Morgan fingerprint density at radius 3 is 2.03 bits per heavy atom. The van der Waals surface area contributed by atoms with E-state index in [1.807, 2.05) is 121 Å². The molecule has 0 amide bonds. The lowest BCUT2D eigenvalue weighted by Crippen LogP contribution is -2.30. The molecule has 0 N–H and O–H groups in total. The molecule has 5 nitrogen and oxygen atoms in total. The van der Waals surface area contributed by atoms with Crippen molar-refractivity contribution < 1.29 is 25.8 Å². The predicted molar refractivity (Wildman–Crippen MR) is 237 cm³/mol. The summed E-state index contributed by atoms with van der Waals surface area (Å²) in [5.74, 6) is 1.58. The zero-order valence-corrected chi connectivity index (χ0v) is 31.9. The van der Waals surface area contributed by atoms with Gasteiger partial charge in [0, 0.05) is 43.0 Å². The average Bonchev–Trinajstić information content (AvgIpc) is 3.90. The van der Waals surface area contributed by atoms with Gasteiger partial charge in [-0.3, -0.25) is 4.57 Å². The van der Waals surface area contributed by atoms with Gasteiger partial charge in [-0.15, -0.1) is 0 Å². The quantitative estimate of drug-likeness (QED) is 0.145. The van der Waals surface area contributed by atoms with Crippen LogP contribution >= 0.6 is 0 Å². The van der Waals surface area contributed by atoms with E-state index in [2.05, 4.69) is 0 Å². The van der Waals surface area contributed by atoms with Gasteiger partial charge in [-0.2, -0.15) is 9.13 Å². The molecule has 3 heterocycles. The summed E-state index contributed by atoms with van der Waals surface area (Å²) in [6.07, 6.45) is 1.75. The van der Waals surface area contributed by atoms with Gasteiger partial charge in [-0.05, 0) is 83.1 Å². The lowest BCUT2D eigenvalue weighted by atomic mass is 9.88. The molecular weight excluding hydrogens is 709 g/mol. The van der Waals surface area contributed by atoms with Crippen molar-refractivity contribution in [1.29, 1.82) is 0 Å². The number of rotatable bonds is 8. The maximum atomic E-state index is 9.01. The lowest BCUT2D eigenvalue weighted by molar-refractivity contribution is -0.566. The van der Waals surface area contributed by atoms with E-state index in [1.165, 1.54) is 0 Å². The molecular formula is C53H43N4O+. The van der Waals surface area contributed by atoms with Crippen molar-refractivity contribution in [3.8, 4) is 50.9 Å². The molecule has 10 rings (SSSR count). The first-order valence-electron chi connectivity index (χ1n) is 24.9. The Kier molecular flexibility index (Phi) is 6.04. The smallest absolute Gasteiger partial charge is 0.255 e. The molecule has 0 fully saturated rings. The number of fused-ring (bicyclic) bond motifs is 4. The summed E-state index contributed by atoms with van der Waals surface area (Å²) in [5, 5.41) is 1.95. The SMILES string of the molecule is [2H]c1c([2H])c([2H])c(-c2cccc(-c3c([2H])c([2H])c([2H])c([2H])c3[2H])c2-[n+]2cn(-c3cccc(Oc4ccc5c6ccccc6n(-c6cc(C([2H])([2H])C(C)(C)C)ccn6)c5c4)c3)c3ccccc32)c([2H])c1[2H]. The van der Waals surface area contributed by atoms with E-state index in [9.17, 15) is 0 Å². The molecule has 0 saturated heterocycles. The highest BCUT2D eigenvalue weighted by Gasteiger charge is 2.25. The number of para-hydroxylation sites is 4. The molecule has 0 atom stereocenters. The third-order valence-corrected chi connectivity index (χ3v) is 9.92. The topological polar surface area (TPSA) is 35.9 Å². The van der Waals surface area contributed by atoms with Gasteiger partial charge in [0.2, 0.25) is 0 Å². The van der Waals surface area contributed by atoms with E-state index in [1.54, 1.807) is 47.4 Å². The van der Waals surface area contributed by atoms with E-state index in [0.29, 0.717) is 39.6 Å². The highest BCUT2D eigenvalue weighted by Crippen LogP contribution is 2.37. The number of pyridine rings is 1. The van der Waals surface area contributed by atoms with Crippen LogP contribution in [0.3, 0.4) is 0 Å². The second-order valence-corrected chi connectivity index (χ2v) is 15.0. The maximum Gasteiger partial charge on any atom is 0.255 e. The summed E-state index contributed by atoms with van der Waals surface area (Å²) in [7, 11) is 0. The van der Waals surface area contributed by atoms with Gasteiger partial charge in [0.15, 0.2) is 11.0 Å². The first kappa shape index (κ1) is 24.4. The molecule has 0 radical (unpaired) electrons. The summed E-state index contributed by atoms with van der Waals surface area (Å²) in [6.45, 7) is 5.63. The fraction of sp³-hybridized carbons (Fsp3) is 0.0943. The first-order chi connectivity index (χ1) is 33.3. The second-order valence-electron chi connectivity index (χ2n) is 15.0. The van der Waals surface area contributed by atoms with Crippen LogP contribution in [-0.2, 0) is 6.37 Å². The van der Waals surface area contributed by atoms with Gasteiger partial charge < -0.3 is 4.74 Å². The Morgan fingerprint density at radius 1 is 0.638 bits per heavy atom. The van der Waals surface area contributed by atoms with E-state index in [-0.39, 0.29) is 27.9 Å². The number of imidazole rings is 1. The molecule has 10 aromatic rings. The largest absolute Gasteiger partial charge is 0.457 e. The van der Waals surface area contributed by atoms with Crippen LogP contribution in [0, 0.1) is 5.41 Å². The Balaban J connectivity index is 1.13. The van der Waals surface area contributed by atoms with Crippen LogP contribution in [0.5, 0.6) is 11.5 Å². The van der Waals surface area contributed by atoms with Gasteiger partial charge >= 0.3 is 0 Å². The highest BCUT2D eigenvalue weighted by molar-refractivity contribution is 6.09. The van der Waals surface area contributed by atoms with Crippen LogP contribution in [-0.4, -0.2) is 14.1 Å². The molecule has 0 bridgehead atoms. The fourth-order valence-electron chi connectivity index (χ4n) is 7.62. The molecule has 0 spiro atoms. The monoisotopic (exact) mass is 763 g/mol. The molecule has 0 aliphatic carbocycles. The number of hydrogen-bond acceptors (Lipinski definition) is 2. The van der Waals surface area contributed by atoms with E-state index in [4.69, 9.17) is 26.2 Å². The molecule has 5 heteroatoms. The lowest BCUT2D eigenvalue weighted by Gasteiger charge is -2.18. The van der Waals surface area contributed by atoms with Crippen LogP contribution in [0.15, 0.2) is 194 Å². The van der Waals surface area contributed by atoms with Crippen molar-refractivity contribution in [2.24, 2.45) is 5.41 Å². The van der Waals surface area contributed by atoms with Crippen molar-refractivity contribution in [3.05, 3.63) is 200 Å². The van der Waals surface area contributed by atoms with Crippen molar-refractivity contribution in [3.63, 3.8) is 0 Å². The first-order valence-corrected chi connectivity index (χ1v) is 18.9. The molecule has 0 aliphatic heterocycles. The van der Waals surface area contributed by atoms with Crippen LogP contribution in [0.2, 0.25) is 0 Å². The minimum atomic E-state index is -1.65. The summed E-state index contributed by atoms with van der Waals surface area (Å²) in [6, 6.07) is 31.7. The van der Waals surface area contributed by atoms with E-state index < -0.39 is 72.2 Å². The highest BCUT2D eigenvalue weighted by atomic mass is 16.5. The number of aromatic nitrogens is 4. The zero-order valence-electron chi connectivity index (χ0n) is 43.9. The fourth-order valence-corrected chi connectivity index (χ4v) is 7.62. The predicted octanol–water partition coefficient (Wildman–Crippen LogP) is 13.1. The number of nitrogens with zero attached hydrogens (tertiary/aromatic N) is 4. The summed E-state index contributed by atoms with van der Waals surface area (Å²) in [5.41, 5.74) is 3.79. The Labute approximate surface area is 355 Å². The van der Waals surface area contributed by atoms with Crippen LogP contribution < -0.4 is 9.30 Å². The summed E-state index contributed by atoms with van der Waals surface area (Å²) >= 11 is 0. The normalized spacial score (nSPS) is 14.9. The minimum absolute atomic E-state index is 0.125. The molecule has 280 valence electrons. The van der Waals surface area contributed by atoms with E-state index >= 15 is 0 Å². The standard InChI is InChI=1S/C53H43N4O/c1-53(2,3)35-37-30-31-54-51(32-37)57-47-25-11-10-22-45(47)46-29-28-42(34-50(46)57)58-41-21-14-20-40(33-41)55-36-56(49-27-13-12-26-48(49)55)52-43(38-16-6-4-7-17-38)23-15-24-44(52)39-18-8-5-9-19-39/h4-34,36H,35H2,1-3H3/q+1/i4D,5D,6D,7D,8D,9D,16D,17D,18D,19D,35D2. The van der Waals surface area contributed by atoms with Gasteiger partial charge in [-0.25, -0.2) is 4.98 Å². The Hall–Kier alpha value is -7.24. The average molecular weight is 764 g/mol.